The number of hydrogen-bond acceptors (Lipinski definition) is 2. The minimum atomic E-state index is -2.88. The van der Waals surface area contributed by atoms with Crippen molar-refractivity contribution in [3.8, 4) is 0 Å². The van der Waals surface area contributed by atoms with Gasteiger partial charge >= 0.3 is 0 Å². The number of hydrogen-bond donors (Lipinski definition) is 0. The summed E-state index contributed by atoms with van der Waals surface area (Å²) in [5.74, 6) is 0. The Bertz CT molecular complexity index is 2550. The van der Waals surface area contributed by atoms with Gasteiger partial charge in [-0.2, -0.15) is 0 Å². The molecule has 0 saturated carbocycles. The van der Waals surface area contributed by atoms with E-state index in [2.05, 4.69) is 252 Å². The van der Waals surface area contributed by atoms with Crippen molar-refractivity contribution in [2.45, 2.75) is 0 Å². The van der Waals surface area contributed by atoms with Gasteiger partial charge in [0.1, 0.15) is 0 Å². The normalized spacial score (nSPS) is 11.3. The van der Waals surface area contributed by atoms with Crippen molar-refractivity contribution >= 4 is 73.7 Å². The Kier molecular flexibility index (Phi) is 9.35. The van der Waals surface area contributed by atoms with Crippen LogP contribution in [0.3, 0.4) is 0 Å². The van der Waals surface area contributed by atoms with Crippen LogP contribution in [0.1, 0.15) is 0 Å². The predicted octanol–water partition coefficient (Wildman–Crippen LogP) is 11.2. The fourth-order valence-electron chi connectivity index (χ4n) is 8.06. The van der Waals surface area contributed by atoms with Crippen LogP contribution < -0.4 is 30.5 Å². The first-order chi connectivity index (χ1) is 27.3. The standard InChI is InChI=1S/C52H40N2Si/c1-6-21-43(22-7-1)53(44-23-8-2-9-24-44)46-35-37-51(38-36-46)55(49-28-12-4-13-29-49,50-30-14-5-15-31-50)52-32-18-27-47(40-52)54(45-25-10-3-11-26-45)48-34-33-41-19-16-17-20-42(41)39-48/h1-40H. The van der Waals surface area contributed by atoms with Crippen LogP contribution >= 0.6 is 0 Å². The molecule has 3 heteroatoms. The summed E-state index contributed by atoms with van der Waals surface area (Å²) in [7, 11) is -2.88. The lowest BCUT2D eigenvalue weighted by Crippen LogP contribution is -2.74. The molecule has 0 spiro atoms. The van der Waals surface area contributed by atoms with E-state index in [-0.39, 0.29) is 0 Å². The molecule has 0 saturated heterocycles. The SMILES string of the molecule is c1ccc(N(c2ccccc2)c2ccc([Si](c3ccccc3)(c3ccccc3)c3cccc(N(c4ccccc4)c4ccc5ccccc5c4)c3)cc2)cc1. The second-order valence-electron chi connectivity index (χ2n) is 13.8. The summed E-state index contributed by atoms with van der Waals surface area (Å²) in [5.41, 5.74) is 6.73. The first-order valence-corrected chi connectivity index (χ1v) is 20.9. The van der Waals surface area contributed by atoms with E-state index in [4.69, 9.17) is 0 Å². The topological polar surface area (TPSA) is 6.48 Å². The molecule has 0 heterocycles. The Morgan fingerprint density at radius 1 is 0.218 bits per heavy atom. The fraction of sp³-hybridized carbons (Fsp3) is 0. The van der Waals surface area contributed by atoms with Gasteiger partial charge in [0.05, 0.1) is 0 Å². The van der Waals surface area contributed by atoms with E-state index in [1.54, 1.807) is 0 Å². The third-order valence-electron chi connectivity index (χ3n) is 10.5. The Morgan fingerprint density at radius 3 is 1.09 bits per heavy atom. The first kappa shape index (κ1) is 33.9. The minimum Gasteiger partial charge on any atom is -0.311 e. The lowest BCUT2D eigenvalue weighted by atomic mass is 10.1. The van der Waals surface area contributed by atoms with Crippen molar-refractivity contribution in [2.24, 2.45) is 0 Å². The van der Waals surface area contributed by atoms with Crippen LogP contribution in [0.15, 0.2) is 243 Å². The summed E-state index contributed by atoms with van der Waals surface area (Å²) < 4.78 is 0. The monoisotopic (exact) mass is 720 g/mol. The summed E-state index contributed by atoms with van der Waals surface area (Å²) in [6.07, 6.45) is 0. The zero-order chi connectivity index (χ0) is 36.9. The van der Waals surface area contributed by atoms with Gasteiger partial charge in [0, 0.05) is 34.1 Å². The van der Waals surface area contributed by atoms with Crippen LogP contribution in [0.25, 0.3) is 10.8 Å². The molecule has 0 unspecified atom stereocenters. The predicted molar refractivity (Wildman–Crippen MR) is 237 cm³/mol. The van der Waals surface area contributed by atoms with Gasteiger partial charge in [-0.1, -0.05) is 170 Å². The van der Waals surface area contributed by atoms with Crippen LogP contribution in [0.4, 0.5) is 34.1 Å². The van der Waals surface area contributed by atoms with Crippen LogP contribution in [-0.2, 0) is 0 Å². The maximum absolute atomic E-state index is 2.88. The number of nitrogens with zero attached hydrogens (tertiary/aromatic N) is 2. The molecule has 0 aliphatic rings. The van der Waals surface area contributed by atoms with Gasteiger partial charge in [-0.25, -0.2) is 0 Å². The molecule has 0 fully saturated rings. The number of anilines is 6. The van der Waals surface area contributed by atoms with Crippen LogP contribution in [0.2, 0.25) is 0 Å². The highest BCUT2D eigenvalue weighted by molar-refractivity contribution is 7.19. The van der Waals surface area contributed by atoms with Crippen molar-refractivity contribution in [3.05, 3.63) is 243 Å². The van der Waals surface area contributed by atoms with E-state index in [1.165, 1.54) is 31.5 Å². The molecular formula is C52H40N2Si. The summed E-state index contributed by atoms with van der Waals surface area (Å²) in [6, 6.07) is 88.4. The van der Waals surface area contributed by atoms with Gasteiger partial charge < -0.3 is 9.80 Å². The molecule has 0 bridgehead atoms. The van der Waals surface area contributed by atoms with Gasteiger partial charge in [0.15, 0.2) is 8.07 Å². The fourth-order valence-corrected chi connectivity index (χ4v) is 12.8. The highest BCUT2D eigenvalue weighted by Crippen LogP contribution is 2.37. The highest BCUT2D eigenvalue weighted by atomic mass is 28.3. The summed E-state index contributed by atoms with van der Waals surface area (Å²) in [5, 5.41) is 7.77. The Morgan fingerprint density at radius 2 is 0.564 bits per heavy atom. The number of benzene rings is 9. The minimum absolute atomic E-state index is 1.12. The molecule has 9 rings (SSSR count). The molecule has 262 valence electrons. The largest absolute Gasteiger partial charge is 0.311 e. The van der Waals surface area contributed by atoms with Crippen molar-refractivity contribution in [1.29, 1.82) is 0 Å². The van der Waals surface area contributed by atoms with E-state index < -0.39 is 8.07 Å². The average Bonchev–Trinajstić information content (AvgIpc) is 3.27. The van der Waals surface area contributed by atoms with Crippen molar-refractivity contribution < 1.29 is 0 Å². The Balaban J connectivity index is 1.26. The van der Waals surface area contributed by atoms with Crippen molar-refractivity contribution in [2.75, 3.05) is 9.80 Å². The van der Waals surface area contributed by atoms with E-state index in [9.17, 15) is 0 Å². The van der Waals surface area contributed by atoms with Crippen molar-refractivity contribution in [1.82, 2.24) is 0 Å². The molecular weight excluding hydrogens is 681 g/mol. The number of rotatable bonds is 10. The van der Waals surface area contributed by atoms with Gasteiger partial charge in [0.25, 0.3) is 0 Å². The third kappa shape index (κ3) is 6.52. The Hall–Kier alpha value is -6.94. The molecule has 0 aromatic heterocycles. The maximum Gasteiger partial charge on any atom is 0.179 e. The lowest BCUT2D eigenvalue weighted by molar-refractivity contribution is 1.28. The number of para-hydroxylation sites is 3. The van der Waals surface area contributed by atoms with Gasteiger partial charge in [0.2, 0.25) is 0 Å². The maximum atomic E-state index is 2.45. The quantitative estimate of drug-likeness (QED) is 0.103. The average molecular weight is 721 g/mol. The molecule has 9 aromatic rings. The van der Waals surface area contributed by atoms with Crippen molar-refractivity contribution in [3.63, 3.8) is 0 Å². The molecule has 0 radical (unpaired) electrons. The highest BCUT2D eigenvalue weighted by Gasteiger charge is 2.41. The molecule has 2 nitrogen and oxygen atoms in total. The van der Waals surface area contributed by atoms with Crippen LogP contribution in [-0.4, -0.2) is 8.07 Å². The van der Waals surface area contributed by atoms with Crippen LogP contribution in [0, 0.1) is 0 Å². The zero-order valence-electron chi connectivity index (χ0n) is 30.5. The second kappa shape index (κ2) is 15.2. The van der Waals surface area contributed by atoms with E-state index >= 15 is 0 Å². The molecule has 0 N–H and O–H groups in total. The number of fused-ring (bicyclic) bond motifs is 1. The summed E-state index contributed by atoms with van der Waals surface area (Å²) >= 11 is 0. The van der Waals surface area contributed by atoms with Gasteiger partial charge in [-0.05, 0) is 104 Å². The Labute approximate surface area is 324 Å². The molecule has 0 amide bonds. The second-order valence-corrected chi connectivity index (χ2v) is 17.6. The van der Waals surface area contributed by atoms with Gasteiger partial charge in [-0.15, -0.1) is 0 Å². The molecule has 55 heavy (non-hydrogen) atoms. The molecule has 9 aromatic carbocycles. The zero-order valence-corrected chi connectivity index (χ0v) is 31.5. The first-order valence-electron chi connectivity index (χ1n) is 18.9. The van der Waals surface area contributed by atoms with E-state index in [0.29, 0.717) is 0 Å². The molecule has 0 atom stereocenters. The summed E-state index contributed by atoms with van der Waals surface area (Å²) in [6.45, 7) is 0. The summed E-state index contributed by atoms with van der Waals surface area (Å²) in [4.78, 5) is 4.73. The molecule has 0 aliphatic heterocycles. The van der Waals surface area contributed by atoms with Crippen LogP contribution in [0.5, 0.6) is 0 Å². The van der Waals surface area contributed by atoms with E-state index in [1.807, 2.05) is 0 Å². The third-order valence-corrected chi connectivity index (χ3v) is 15.3. The lowest BCUT2D eigenvalue weighted by Gasteiger charge is -2.36. The smallest absolute Gasteiger partial charge is 0.179 e. The molecule has 0 aliphatic carbocycles. The van der Waals surface area contributed by atoms with Gasteiger partial charge in [-0.3, -0.25) is 0 Å². The van der Waals surface area contributed by atoms with E-state index in [0.717, 1.165) is 34.1 Å².